The highest BCUT2D eigenvalue weighted by molar-refractivity contribution is 5.87. The Kier molecular flexibility index (Phi) is 3.59. The van der Waals surface area contributed by atoms with Crippen molar-refractivity contribution in [3.63, 3.8) is 0 Å². The minimum atomic E-state index is -1.08. The van der Waals surface area contributed by atoms with Gasteiger partial charge in [-0.3, -0.25) is 10.1 Å². The van der Waals surface area contributed by atoms with Crippen molar-refractivity contribution in [2.45, 2.75) is 26.4 Å². The molecule has 74 valence electrons. The summed E-state index contributed by atoms with van der Waals surface area (Å²) in [5, 5.41) is 10.2. The van der Waals surface area contributed by atoms with Crippen LogP contribution in [0.15, 0.2) is 12.2 Å². The number of ether oxygens (including phenoxy) is 1. The summed E-state index contributed by atoms with van der Waals surface area (Å²) in [4.78, 5) is 20.6. The quantitative estimate of drug-likeness (QED) is 0.286. The second-order valence-corrected chi connectivity index (χ2v) is 3.42. The molecule has 0 saturated heterocycles. The minimum Gasteiger partial charge on any atom is -0.449 e. The van der Waals surface area contributed by atoms with Crippen LogP contribution < -0.4 is 0 Å². The molecule has 0 saturated carbocycles. The number of nitro groups is 1. The lowest BCUT2D eigenvalue weighted by Crippen LogP contribution is -2.35. The zero-order valence-corrected chi connectivity index (χ0v) is 7.99. The number of esters is 1. The van der Waals surface area contributed by atoms with E-state index in [1.165, 1.54) is 20.8 Å². The fraction of sp³-hybridized carbons (Fsp3) is 0.625. The molecule has 0 unspecified atom stereocenters. The number of hydrogen-bond acceptors (Lipinski definition) is 4. The summed E-state index contributed by atoms with van der Waals surface area (Å²) in [6, 6.07) is 0. The predicted octanol–water partition coefficient (Wildman–Crippen LogP) is 1.16. The molecule has 0 amide bonds. The van der Waals surface area contributed by atoms with Crippen molar-refractivity contribution in [1.29, 1.82) is 0 Å². The predicted molar refractivity (Wildman–Crippen MR) is 46.8 cm³/mol. The Balaban J connectivity index is 4.24. The zero-order chi connectivity index (χ0) is 10.6. The van der Waals surface area contributed by atoms with Crippen LogP contribution >= 0.6 is 0 Å². The highest BCUT2D eigenvalue weighted by Crippen LogP contribution is 2.11. The maximum Gasteiger partial charge on any atom is 0.333 e. The second kappa shape index (κ2) is 4.02. The number of carbonyl (C=O) groups excluding carboxylic acids is 1. The molecule has 0 N–H and O–H groups in total. The van der Waals surface area contributed by atoms with Gasteiger partial charge in [-0.05, 0) is 20.8 Å². The lowest BCUT2D eigenvalue weighted by atomic mass is 10.1. The van der Waals surface area contributed by atoms with Gasteiger partial charge in [0.1, 0.15) is 0 Å². The normalized spacial score (nSPS) is 10.7. The van der Waals surface area contributed by atoms with E-state index >= 15 is 0 Å². The molecule has 0 bridgehead atoms. The van der Waals surface area contributed by atoms with Crippen LogP contribution in [0, 0.1) is 10.1 Å². The Morgan fingerprint density at radius 1 is 1.62 bits per heavy atom. The van der Waals surface area contributed by atoms with Gasteiger partial charge in [-0.2, -0.15) is 0 Å². The maximum absolute atomic E-state index is 11.0. The van der Waals surface area contributed by atoms with E-state index < -0.39 is 23.0 Å². The largest absolute Gasteiger partial charge is 0.449 e. The number of nitrogens with zero attached hydrogens (tertiary/aromatic N) is 1. The van der Waals surface area contributed by atoms with E-state index in [2.05, 4.69) is 6.58 Å². The molecule has 5 heteroatoms. The standard InChI is InChI=1S/C8H13NO4/c1-6(2)7(10)13-8(3,4)5-9(11)12/h1,5H2,2-4H3. The van der Waals surface area contributed by atoms with Crippen LogP contribution in [-0.4, -0.2) is 23.0 Å². The van der Waals surface area contributed by atoms with Gasteiger partial charge in [0, 0.05) is 10.5 Å². The Hall–Kier alpha value is -1.39. The Labute approximate surface area is 76.5 Å². The van der Waals surface area contributed by atoms with Crippen LogP contribution in [0.5, 0.6) is 0 Å². The van der Waals surface area contributed by atoms with Crippen molar-refractivity contribution < 1.29 is 14.5 Å². The number of rotatable bonds is 4. The highest BCUT2D eigenvalue weighted by Gasteiger charge is 2.29. The average Bonchev–Trinajstić information content (AvgIpc) is 1.81. The first-order valence-electron chi connectivity index (χ1n) is 3.75. The minimum absolute atomic E-state index is 0.233. The molecule has 0 aliphatic rings. The lowest BCUT2D eigenvalue weighted by molar-refractivity contribution is -0.497. The Morgan fingerprint density at radius 3 is 2.38 bits per heavy atom. The Morgan fingerprint density at radius 2 is 2.08 bits per heavy atom. The van der Waals surface area contributed by atoms with Gasteiger partial charge in [0.15, 0.2) is 5.60 Å². The van der Waals surface area contributed by atoms with E-state index in [0.29, 0.717) is 0 Å². The fourth-order valence-electron chi connectivity index (χ4n) is 0.681. The zero-order valence-electron chi connectivity index (χ0n) is 7.99. The van der Waals surface area contributed by atoms with Crippen molar-refractivity contribution in [3.05, 3.63) is 22.3 Å². The summed E-state index contributed by atoms with van der Waals surface area (Å²) < 4.78 is 4.83. The van der Waals surface area contributed by atoms with Crippen molar-refractivity contribution in [3.8, 4) is 0 Å². The summed E-state index contributed by atoms with van der Waals surface area (Å²) in [7, 11) is 0. The molecule has 0 aliphatic carbocycles. The van der Waals surface area contributed by atoms with Crippen LogP contribution in [0.3, 0.4) is 0 Å². The maximum atomic E-state index is 11.0. The average molecular weight is 187 g/mol. The van der Waals surface area contributed by atoms with Gasteiger partial charge in [-0.15, -0.1) is 0 Å². The van der Waals surface area contributed by atoms with Crippen LogP contribution in [0.4, 0.5) is 0 Å². The van der Waals surface area contributed by atoms with E-state index in [1.54, 1.807) is 0 Å². The summed E-state index contributed by atoms with van der Waals surface area (Å²) >= 11 is 0. The van der Waals surface area contributed by atoms with Gasteiger partial charge in [0.2, 0.25) is 6.54 Å². The summed E-state index contributed by atoms with van der Waals surface area (Å²) in [6.07, 6.45) is 0. The molecule has 0 aliphatic heterocycles. The second-order valence-electron chi connectivity index (χ2n) is 3.42. The van der Waals surface area contributed by atoms with Gasteiger partial charge >= 0.3 is 5.97 Å². The summed E-state index contributed by atoms with van der Waals surface area (Å²) in [5.41, 5.74) is -0.851. The van der Waals surface area contributed by atoms with Gasteiger partial charge in [-0.1, -0.05) is 6.58 Å². The van der Waals surface area contributed by atoms with E-state index in [1.807, 2.05) is 0 Å². The van der Waals surface area contributed by atoms with E-state index in [0.717, 1.165) is 0 Å². The fourth-order valence-corrected chi connectivity index (χ4v) is 0.681. The van der Waals surface area contributed by atoms with Gasteiger partial charge in [-0.25, -0.2) is 4.79 Å². The molecule has 0 atom stereocenters. The molecule has 0 spiro atoms. The molecular weight excluding hydrogens is 174 g/mol. The van der Waals surface area contributed by atoms with Crippen molar-refractivity contribution in [1.82, 2.24) is 0 Å². The first-order chi connectivity index (χ1) is 5.74. The van der Waals surface area contributed by atoms with Gasteiger partial charge in [0.05, 0.1) is 0 Å². The van der Waals surface area contributed by atoms with Crippen molar-refractivity contribution in [2.75, 3.05) is 6.54 Å². The third kappa shape index (κ3) is 4.95. The first-order valence-corrected chi connectivity index (χ1v) is 3.75. The molecule has 0 aromatic carbocycles. The van der Waals surface area contributed by atoms with E-state index in [4.69, 9.17) is 4.74 Å². The van der Waals surface area contributed by atoms with E-state index in [-0.39, 0.29) is 5.57 Å². The molecule has 0 aromatic heterocycles. The third-order valence-electron chi connectivity index (χ3n) is 1.23. The van der Waals surface area contributed by atoms with Crippen LogP contribution in [-0.2, 0) is 9.53 Å². The van der Waals surface area contributed by atoms with E-state index in [9.17, 15) is 14.9 Å². The monoisotopic (exact) mass is 187 g/mol. The lowest BCUT2D eigenvalue weighted by Gasteiger charge is -2.20. The summed E-state index contributed by atoms with van der Waals surface area (Å²) in [6.45, 7) is 7.42. The number of hydrogen-bond donors (Lipinski definition) is 0. The SMILES string of the molecule is C=C(C)C(=O)OC(C)(C)C[N+](=O)[O-]. The Bertz CT molecular complexity index is 245. The van der Waals surface area contributed by atoms with Gasteiger partial charge < -0.3 is 4.74 Å². The van der Waals surface area contributed by atoms with Gasteiger partial charge in [0.25, 0.3) is 0 Å². The molecular formula is C8H13NO4. The van der Waals surface area contributed by atoms with Crippen LogP contribution in [0.1, 0.15) is 20.8 Å². The third-order valence-corrected chi connectivity index (χ3v) is 1.23. The molecule has 0 aromatic rings. The van der Waals surface area contributed by atoms with Crippen LogP contribution in [0.25, 0.3) is 0 Å². The molecule has 5 nitrogen and oxygen atoms in total. The molecule has 0 radical (unpaired) electrons. The number of carbonyl (C=O) groups is 1. The molecule has 13 heavy (non-hydrogen) atoms. The van der Waals surface area contributed by atoms with Crippen LogP contribution in [0.2, 0.25) is 0 Å². The van der Waals surface area contributed by atoms with Crippen molar-refractivity contribution >= 4 is 5.97 Å². The topological polar surface area (TPSA) is 69.4 Å². The highest BCUT2D eigenvalue weighted by atomic mass is 16.6. The molecule has 0 heterocycles. The van der Waals surface area contributed by atoms with Crippen molar-refractivity contribution in [2.24, 2.45) is 0 Å². The summed E-state index contributed by atoms with van der Waals surface area (Å²) in [5.74, 6) is -0.605. The smallest absolute Gasteiger partial charge is 0.333 e. The first kappa shape index (κ1) is 11.6. The molecule has 0 rings (SSSR count). The molecule has 0 fully saturated rings.